The Bertz CT molecular complexity index is 613. The minimum Gasteiger partial charge on any atom is -0.423 e. The first kappa shape index (κ1) is 14.2. The number of nitrogens with one attached hydrogen (secondary N) is 1. The van der Waals surface area contributed by atoms with Gasteiger partial charge >= 0.3 is 0 Å². The van der Waals surface area contributed by atoms with Gasteiger partial charge in [-0.05, 0) is 6.07 Å². The molecule has 0 aliphatic heterocycles. The van der Waals surface area contributed by atoms with Gasteiger partial charge in [-0.3, -0.25) is 10.1 Å². The normalized spacial score (nSPS) is 11.8. The standard InChI is InChI=1S/C11H13N3O6/c15-4-11(5-16,6-17)13-10-12-8-2-1-7(14(18)19)3-9(8)20-10/h1-3,15-17H,4-6H2,(H,12,13). The van der Waals surface area contributed by atoms with Crippen molar-refractivity contribution in [3.8, 4) is 0 Å². The minimum atomic E-state index is -1.38. The Morgan fingerprint density at radius 3 is 2.50 bits per heavy atom. The van der Waals surface area contributed by atoms with E-state index in [-0.39, 0.29) is 17.3 Å². The zero-order valence-corrected chi connectivity index (χ0v) is 10.3. The van der Waals surface area contributed by atoms with Gasteiger partial charge in [0.15, 0.2) is 5.58 Å². The van der Waals surface area contributed by atoms with Gasteiger partial charge in [-0.2, -0.15) is 4.98 Å². The number of hydrogen-bond acceptors (Lipinski definition) is 8. The van der Waals surface area contributed by atoms with Crippen molar-refractivity contribution in [2.75, 3.05) is 25.1 Å². The number of aromatic nitrogens is 1. The highest BCUT2D eigenvalue weighted by atomic mass is 16.6. The lowest BCUT2D eigenvalue weighted by Crippen LogP contribution is -2.49. The molecule has 20 heavy (non-hydrogen) atoms. The quantitative estimate of drug-likeness (QED) is 0.424. The molecule has 1 aromatic carbocycles. The van der Waals surface area contributed by atoms with Crippen molar-refractivity contribution in [1.29, 1.82) is 0 Å². The summed E-state index contributed by atoms with van der Waals surface area (Å²) in [6.07, 6.45) is 0. The fourth-order valence-electron chi connectivity index (χ4n) is 1.58. The summed E-state index contributed by atoms with van der Waals surface area (Å²) in [6, 6.07) is 3.86. The molecule has 0 amide bonds. The number of aliphatic hydroxyl groups excluding tert-OH is 3. The molecule has 108 valence electrons. The summed E-state index contributed by atoms with van der Waals surface area (Å²) in [4.78, 5) is 14.1. The van der Waals surface area contributed by atoms with Crippen molar-refractivity contribution in [1.82, 2.24) is 4.98 Å². The Hall–Kier alpha value is -2.23. The van der Waals surface area contributed by atoms with Crippen LogP contribution >= 0.6 is 0 Å². The predicted octanol–water partition coefficient (Wildman–Crippen LogP) is -0.136. The SMILES string of the molecule is O=[N+]([O-])c1ccc2nc(NC(CO)(CO)CO)oc2c1. The second-order valence-electron chi connectivity index (χ2n) is 4.31. The van der Waals surface area contributed by atoms with Crippen LogP contribution in [0.15, 0.2) is 22.6 Å². The monoisotopic (exact) mass is 283 g/mol. The molecule has 0 radical (unpaired) electrons. The van der Waals surface area contributed by atoms with E-state index in [2.05, 4.69) is 10.3 Å². The third-order valence-electron chi connectivity index (χ3n) is 2.86. The van der Waals surface area contributed by atoms with Gasteiger partial charge in [-0.15, -0.1) is 0 Å². The highest BCUT2D eigenvalue weighted by Gasteiger charge is 2.29. The molecular formula is C11H13N3O6. The minimum absolute atomic E-state index is 0.0577. The molecule has 0 atom stereocenters. The van der Waals surface area contributed by atoms with Crippen LogP contribution in [0.1, 0.15) is 0 Å². The third kappa shape index (κ3) is 2.54. The first-order valence-electron chi connectivity index (χ1n) is 5.69. The number of aliphatic hydroxyl groups is 3. The zero-order valence-electron chi connectivity index (χ0n) is 10.3. The summed E-state index contributed by atoms with van der Waals surface area (Å²) in [7, 11) is 0. The van der Waals surface area contributed by atoms with E-state index in [9.17, 15) is 25.4 Å². The highest BCUT2D eigenvalue weighted by molar-refractivity contribution is 5.77. The number of hydrogen-bond donors (Lipinski definition) is 4. The molecule has 4 N–H and O–H groups in total. The molecule has 0 aliphatic carbocycles. The van der Waals surface area contributed by atoms with E-state index in [4.69, 9.17) is 4.42 Å². The zero-order chi connectivity index (χ0) is 14.8. The molecule has 1 aromatic heterocycles. The topological polar surface area (TPSA) is 142 Å². The lowest BCUT2D eigenvalue weighted by Gasteiger charge is -2.27. The molecule has 0 bridgehead atoms. The van der Waals surface area contributed by atoms with Gasteiger partial charge in [0.05, 0.1) is 30.8 Å². The van der Waals surface area contributed by atoms with Gasteiger partial charge in [-0.25, -0.2) is 0 Å². The number of rotatable bonds is 6. The Morgan fingerprint density at radius 1 is 1.30 bits per heavy atom. The van der Waals surface area contributed by atoms with Crippen LogP contribution in [-0.2, 0) is 0 Å². The van der Waals surface area contributed by atoms with E-state index in [0.29, 0.717) is 5.52 Å². The Balaban J connectivity index is 2.34. The van der Waals surface area contributed by atoms with Crippen molar-refractivity contribution in [2.24, 2.45) is 0 Å². The molecule has 9 nitrogen and oxygen atoms in total. The van der Waals surface area contributed by atoms with Gasteiger partial charge in [0.25, 0.3) is 11.7 Å². The number of nitrogens with zero attached hydrogens (tertiary/aromatic N) is 2. The Morgan fingerprint density at radius 2 is 1.95 bits per heavy atom. The molecular weight excluding hydrogens is 270 g/mol. The van der Waals surface area contributed by atoms with E-state index < -0.39 is 30.3 Å². The van der Waals surface area contributed by atoms with Gasteiger partial charge < -0.3 is 25.1 Å². The largest absolute Gasteiger partial charge is 0.423 e. The maximum Gasteiger partial charge on any atom is 0.296 e. The van der Waals surface area contributed by atoms with Crippen LogP contribution in [-0.4, -0.2) is 50.6 Å². The molecule has 2 rings (SSSR count). The molecule has 2 aromatic rings. The third-order valence-corrected chi connectivity index (χ3v) is 2.86. The first-order chi connectivity index (χ1) is 9.53. The summed E-state index contributed by atoms with van der Waals surface area (Å²) in [5.41, 5.74) is -0.963. The summed E-state index contributed by atoms with van der Waals surface area (Å²) in [6.45, 7) is -1.63. The molecule has 0 aliphatic rings. The van der Waals surface area contributed by atoms with Crippen LogP contribution in [0.4, 0.5) is 11.7 Å². The Kier molecular flexibility index (Phi) is 3.84. The molecule has 9 heteroatoms. The van der Waals surface area contributed by atoms with Crippen LogP contribution in [0.25, 0.3) is 11.1 Å². The van der Waals surface area contributed by atoms with E-state index in [1.54, 1.807) is 0 Å². The number of non-ortho nitro benzene ring substituents is 1. The molecule has 0 spiro atoms. The van der Waals surface area contributed by atoms with Gasteiger partial charge in [0, 0.05) is 6.07 Å². The van der Waals surface area contributed by atoms with Crippen molar-refractivity contribution >= 4 is 22.8 Å². The summed E-state index contributed by atoms with van der Waals surface area (Å²) in [5.74, 6) is 0. The van der Waals surface area contributed by atoms with Crippen LogP contribution < -0.4 is 5.32 Å². The van der Waals surface area contributed by atoms with E-state index in [1.807, 2.05) is 0 Å². The number of fused-ring (bicyclic) bond motifs is 1. The predicted molar refractivity (Wildman–Crippen MR) is 68.3 cm³/mol. The summed E-state index contributed by atoms with van der Waals surface area (Å²) < 4.78 is 5.26. The number of benzene rings is 1. The van der Waals surface area contributed by atoms with Crippen LogP contribution in [0.5, 0.6) is 0 Å². The maximum atomic E-state index is 10.6. The van der Waals surface area contributed by atoms with Crippen molar-refractivity contribution in [3.63, 3.8) is 0 Å². The second kappa shape index (κ2) is 5.41. The molecule has 0 fully saturated rings. The van der Waals surface area contributed by atoms with Crippen LogP contribution in [0, 0.1) is 10.1 Å². The van der Waals surface area contributed by atoms with Gasteiger partial charge in [0.2, 0.25) is 0 Å². The molecule has 1 heterocycles. The molecule has 0 saturated carbocycles. The van der Waals surface area contributed by atoms with Gasteiger partial charge in [-0.1, -0.05) is 0 Å². The lowest BCUT2D eigenvalue weighted by molar-refractivity contribution is -0.384. The fourth-order valence-corrected chi connectivity index (χ4v) is 1.58. The smallest absolute Gasteiger partial charge is 0.296 e. The van der Waals surface area contributed by atoms with Crippen molar-refractivity contribution < 1.29 is 24.7 Å². The van der Waals surface area contributed by atoms with Gasteiger partial charge in [0.1, 0.15) is 11.1 Å². The van der Waals surface area contributed by atoms with E-state index in [1.165, 1.54) is 18.2 Å². The number of anilines is 1. The lowest BCUT2D eigenvalue weighted by atomic mass is 10.0. The molecule has 0 saturated heterocycles. The van der Waals surface area contributed by atoms with Crippen LogP contribution in [0.2, 0.25) is 0 Å². The fraction of sp³-hybridized carbons (Fsp3) is 0.364. The average Bonchev–Trinajstić information content (AvgIpc) is 2.85. The van der Waals surface area contributed by atoms with Crippen molar-refractivity contribution in [2.45, 2.75) is 5.54 Å². The Labute approximate surface area is 112 Å². The summed E-state index contributed by atoms with van der Waals surface area (Å²) >= 11 is 0. The average molecular weight is 283 g/mol. The first-order valence-corrected chi connectivity index (χ1v) is 5.69. The number of nitro benzene ring substituents is 1. The number of oxazole rings is 1. The van der Waals surface area contributed by atoms with E-state index >= 15 is 0 Å². The van der Waals surface area contributed by atoms with E-state index in [0.717, 1.165) is 0 Å². The molecule has 0 unspecified atom stereocenters. The second-order valence-corrected chi connectivity index (χ2v) is 4.31. The number of nitro groups is 1. The highest BCUT2D eigenvalue weighted by Crippen LogP contribution is 2.25. The maximum absolute atomic E-state index is 10.6. The van der Waals surface area contributed by atoms with Crippen molar-refractivity contribution in [3.05, 3.63) is 28.3 Å². The van der Waals surface area contributed by atoms with Crippen LogP contribution in [0.3, 0.4) is 0 Å². The summed E-state index contributed by atoms with van der Waals surface area (Å²) in [5, 5.41) is 40.8.